The summed E-state index contributed by atoms with van der Waals surface area (Å²) < 4.78 is 6.00. The molecule has 0 aliphatic carbocycles. The van der Waals surface area contributed by atoms with Crippen molar-refractivity contribution in [3.05, 3.63) is 55.9 Å². The zero-order chi connectivity index (χ0) is 13.8. The van der Waals surface area contributed by atoms with Gasteiger partial charge < -0.3 is 14.9 Å². The van der Waals surface area contributed by atoms with Crippen LogP contribution in [0, 0.1) is 10.1 Å². The van der Waals surface area contributed by atoms with Gasteiger partial charge in [0.15, 0.2) is 6.20 Å². The molecule has 6 nitrogen and oxygen atoms in total. The summed E-state index contributed by atoms with van der Waals surface area (Å²) in [7, 11) is 0. The molecule has 0 aliphatic heterocycles. The van der Waals surface area contributed by atoms with Gasteiger partial charge in [0.2, 0.25) is 5.75 Å². The molecule has 2 aromatic heterocycles. The Morgan fingerprint density at radius 2 is 2.21 bits per heavy atom. The molecular formula is C11H7BrClN3O3. The van der Waals surface area contributed by atoms with Crippen molar-refractivity contribution in [3.63, 3.8) is 0 Å². The minimum Gasteiger partial charge on any atom is -0.481 e. The molecule has 0 aliphatic rings. The van der Waals surface area contributed by atoms with Crippen LogP contribution in [0.3, 0.4) is 0 Å². The van der Waals surface area contributed by atoms with Crippen molar-refractivity contribution in [1.29, 1.82) is 0 Å². The highest BCUT2D eigenvalue weighted by Crippen LogP contribution is 2.28. The van der Waals surface area contributed by atoms with Gasteiger partial charge in [-0.15, -0.1) is 0 Å². The average molecular weight is 345 g/mol. The van der Waals surface area contributed by atoms with E-state index in [1.807, 2.05) is 0 Å². The first kappa shape index (κ1) is 13.7. The van der Waals surface area contributed by atoms with E-state index in [-0.39, 0.29) is 18.2 Å². The van der Waals surface area contributed by atoms with Crippen LogP contribution in [0.1, 0.15) is 5.56 Å². The number of hydrogen-bond donors (Lipinski definition) is 0. The van der Waals surface area contributed by atoms with E-state index in [4.69, 9.17) is 16.3 Å². The first-order chi connectivity index (χ1) is 9.06. The van der Waals surface area contributed by atoms with Gasteiger partial charge in [-0.05, 0) is 43.5 Å². The van der Waals surface area contributed by atoms with Gasteiger partial charge in [-0.2, -0.15) is 0 Å². The number of ether oxygens (including phenoxy) is 1. The Morgan fingerprint density at radius 3 is 2.89 bits per heavy atom. The van der Waals surface area contributed by atoms with Crippen molar-refractivity contribution in [2.45, 2.75) is 6.61 Å². The molecule has 0 saturated heterocycles. The van der Waals surface area contributed by atoms with Gasteiger partial charge in [0.25, 0.3) is 0 Å². The van der Waals surface area contributed by atoms with Crippen LogP contribution in [-0.2, 0) is 6.61 Å². The summed E-state index contributed by atoms with van der Waals surface area (Å²) >= 11 is 8.93. The molecule has 0 N–H and O–H groups in total. The predicted octanol–water partition coefficient (Wildman–Crippen LogP) is 3.38. The molecule has 0 amide bonds. The molecule has 0 saturated carbocycles. The van der Waals surface area contributed by atoms with Crippen LogP contribution in [-0.4, -0.2) is 14.9 Å². The van der Waals surface area contributed by atoms with Crippen molar-refractivity contribution in [1.82, 2.24) is 9.97 Å². The summed E-state index contributed by atoms with van der Waals surface area (Å²) in [6.07, 6.45) is 2.88. The van der Waals surface area contributed by atoms with E-state index >= 15 is 0 Å². The minimum atomic E-state index is -0.596. The van der Waals surface area contributed by atoms with Gasteiger partial charge in [0, 0.05) is 12.3 Å². The van der Waals surface area contributed by atoms with Crippen LogP contribution in [0.25, 0.3) is 0 Å². The topological polar surface area (TPSA) is 78.2 Å². The molecule has 0 bridgehead atoms. The van der Waals surface area contributed by atoms with E-state index in [0.29, 0.717) is 9.63 Å². The zero-order valence-corrected chi connectivity index (χ0v) is 11.8. The van der Waals surface area contributed by atoms with E-state index in [9.17, 15) is 10.1 Å². The van der Waals surface area contributed by atoms with E-state index < -0.39 is 4.92 Å². The molecule has 2 rings (SSSR count). The normalized spacial score (nSPS) is 10.2. The fourth-order valence-electron chi connectivity index (χ4n) is 1.35. The second kappa shape index (κ2) is 5.94. The Bertz CT molecular complexity index is 624. The highest BCUT2D eigenvalue weighted by Gasteiger charge is 2.17. The lowest BCUT2D eigenvalue weighted by Crippen LogP contribution is -2.01. The van der Waals surface area contributed by atoms with Crippen LogP contribution in [0.5, 0.6) is 5.75 Å². The highest BCUT2D eigenvalue weighted by atomic mass is 79.9. The number of hydrogen-bond acceptors (Lipinski definition) is 5. The van der Waals surface area contributed by atoms with Gasteiger partial charge in [-0.1, -0.05) is 11.6 Å². The maximum Gasteiger partial charge on any atom is 0.406 e. The number of pyridine rings is 2. The third-order valence-electron chi connectivity index (χ3n) is 2.16. The molecule has 0 unspecified atom stereocenters. The van der Waals surface area contributed by atoms with Gasteiger partial charge in [-0.25, -0.2) is 4.98 Å². The maximum atomic E-state index is 10.8. The Balaban J connectivity index is 2.19. The van der Waals surface area contributed by atoms with E-state index in [1.54, 1.807) is 12.1 Å². The summed E-state index contributed by atoms with van der Waals surface area (Å²) in [6.45, 7) is 0.140. The largest absolute Gasteiger partial charge is 0.481 e. The minimum absolute atomic E-state index is 0.0901. The highest BCUT2D eigenvalue weighted by molar-refractivity contribution is 9.10. The van der Waals surface area contributed by atoms with E-state index in [2.05, 4.69) is 25.9 Å². The summed E-state index contributed by atoms with van der Waals surface area (Å²) in [5, 5.41) is 11.2. The molecule has 0 fully saturated rings. The summed E-state index contributed by atoms with van der Waals surface area (Å²) in [5.41, 5.74) is 0.759. The molecule has 2 heterocycles. The number of halogens is 2. The monoisotopic (exact) mass is 343 g/mol. The van der Waals surface area contributed by atoms with Crippen molar-refractivity contribution in [3.8, 4) is 5.75 Å². The second-order valence-corrected chi connectivity index (χ2v) is 4.81. The van der Waals surface area contributed by atoms with Gasteiger partial charge in [0.05, 0.1) is 4.47 Å². The summed E-state index contributed by atoms with van der Waals surface area (Å²) in [5.74, 6) is -0.240. The number of nitrogens with zero attached hydrogens (tertiary/aromatic N) is 3. The van der Waals surface area contributed by atoms with Gasteiger partial charge in [0.1, 0.15) is 11.8 Å². The molecule has 0 radical (unpaired) electrons. The molecule has 0 aromatic carbocycles. The molecule has 0 spiro atoms. The van der Waals surface area contributed by atoms with Crippen LogP contribution in [0.4, 0.5) is 5.82 Å². The standard InChI is InChI=1S/C11H7BrClN3O3/c12-8-4-9(11(15-5-8)16(17)18)19-6-7-1-2-14-10(13)3-7/h1-5H,6H2. The lowest BCUT2D eigenvalue weighted by molar-refractivity contribution is -0.390. The fraction of sp³-hybridized carbons (Fsp3) is 0.0909. The van der Waals surface area contributed by atoms with Crippen LogP contribution in [0.2, 0.25) is 5.15 Å². The summed E-state index contributed by atoms with van der Waals surface area (Å²) in [4.78, 5) is 17.8. The Kier molecular flexibility index (Phi) is 4.28. The quantitative estimate of drug-likeness (QED) is 0.482. The second-order valence-electron chi connectivity index (χ2n) is 3.51. The predicted molar refractivity (Wildman–Crippen MR) is 72.2 cm³/mol. The Morgan fingerprint density at radius 1 is 1.42 bits per heavy atom. The molecule has 0 atom stereocenters. The van der Waals surface area contributed by atoms with Crippen LogP contribution in [0.15, 0.2) is 35.1 Å². The molecule has 8 heteroatoms. The fourth-order valence-corrected chi connectivity index (χ4v) is 1.86. The van der Waals surface area contributed by atoms with Crippen molar-refractivity contribution < 1.29 is 9.66 Å². The number of nitro groups is 1. The Labute approximate surface area is 121 Å². The summed E-state index contributed by atoms with van der Waals surface area (Å²) in [6, 6.07) is 4.83. The zero-order valence-electron chi connectivity index (χ0n) is 9.42. The van der Waals surface area contributed by atoms with Crippen molar-refractivity contribution in [2.75, 3.05) is 0 Å². The van der Waals surface area contributed by atoms with Crippen molar-refractivity contribution in [2.24, 2.45) is 0 Å². The van der Waals surface area contributed by atoms with E-state index in [1.165, 1.54) is 18.5 Å². The number of rotatable bonds is 4. The molecule has 2 aromatic rings. The van der Waals surface area contributed by atoms with Crippen LogP contribution >= 0.6 is 27.5 Å². The Hall–Kier alpha value is -1.73. The first-order valence-corrected chi connectivity index (χ1v) is 6.26. The first-order valence-electron chi connectivity index (χ1n) is 5.09. The lowest BCUT2D eigenvalue weighted by atomic mass is 10.3. The molecule has 98 valence electrons. The van der Waals surface area contributed by atoms with Gasteiger partial charge in [-0.3, -0.25) is 0 Å². The third-order valence-corrected chi connectivity index (χ3v) is 2.80. The van der Waals surface area contributed by atoms with Crippen molar-refractivity contribution >= 4 is 33.3 Å². The SMILES string of the molecule is O=[N+]([O-])c1ncc(Br)cc1OCc1ccnc(Cl)c1. The maximum absolute atomic E-state index is 10.8. The van der Waals surface area contributed by atoms with Crippen LogP contribution < -0.4 is 4.74 Å². The third kappa shape index (κ3) is 3.62. The van der Waals surface area contributed by atoms with Gasteiger partial charge >= 0.3 is 5.82 Å². The smallest absolute Gasteiger partial charge is 0.406 e. The molecular weight excluding hydrogens is 337 g/mol. The average Bonchev–Trinajstić information content (AvgIpc) is 2.36. The lowest BCUT2D eigenvalue weighted by Gasteiger charge is -2.06. The number of aromatic nitrogens is 2. The molecule has 19 heavy (non-hydrogen) atoms. The van der Waals surface area contributed by atoms with E-state index in [0.717, 1.165) is 5.56 Å².